The SMILES string of the molecule is CC1(C)c2cccc3c2-c2c4c1cccc4c(N(c1ccccc1)c1ccccc1)c1ccc(C4CCCC4)c(c21)C3(C)C. The molecule has 3 aliphatic rings. The molecule has 9 rings (SSSR count). The second-order valence-corrected chi connectivity index (χ2v) is 14.4. The summed E-state index contributed by atoms with van der Waals surface area (Å²) in [5.41, 5.74) is 14.0. The van der Waals surface area contributed by atoms with Crippen molar-refractivity contribution in [2.45, 2.75) is 70.1 Å². The lowest BCUT2D eigenvalue weighted by atomic mass is 9.58. The van der Waals surface area contributed by atoms with Gasteiger partial charge in [0.05, 0.1) is 5.69 Å². The maximum atomic E-state index is 2.52. The van der Waals surface area contributed by atoms with Crippen molar-refractivity contribution in [3.05, 3.63) is 137 Å². The Balaban J connectivity index is 1.55. The highest BCUT2D eigenvalue weighted by molar-refractivity contribution is 6.26. The number of benzene rings is 6. The summed E-state index contributed by atoms with van der Waals surface area (Å²) in [6, 6.07) is 41.2. The average Bonchev–Trinajstić information content (AvgIpc) is 3.59. The van der Waals surface area contributed by atoms with Crippen LogP contribution in [-0.4, -0.2) is 0 Å². The van der Waals surface area contributed by atoms with Crippen molar-refractivity contribution < 1.29 is 0 Å². The third-order valence-corrected chi connectivity index (χ3v) is 11.3. The second-order valence-electron chi connectivity index (χ2n) is 14.4. The minimum Gasteiger partial charge on any atom is -0.309 e. The topological polar surface area (TPSA) is 3.24 Å². The van der Waals surface area contributed by atoms with E-state index in [9.17, 15) is 0 Å². The van der Waals surface area contributed by atoms with Crippen molar-refractivity contribution >= 4 is 38.6 Å². The van der Waals surface area contributed by atoms with E-state index in [0.717, 1.165) is 0 Å². The summed E-state index contributed by atoms with van der Waals surface area (Å²) < 4.78 is 0. The molecular formula is C43H39N. The van der Waals surface area contributed by atoms with Crippen molar-refractivity contribution in [1.29, 1.82) is 0 Å². The van der Waals surface area contributed by atoms with Gasteiger partial charge < -0.3 is 4.90 Å². The van der Waals surface area contributed by atoms with Gasteiger partial charge in [0, 0.05) is 33.0 Å². The summed E-state index contributed by atoms with van der Waals surface area (Å²) in [7, 11) is 0. The van der Waals surface area contributed by atoms with Gasteiger partial charge in [0.2, 0.25) is 0 Å². The monoisotopic (exact) mass is 569 g/mol. The Bertz CT molecular complexity index is 2070. The van der Waals surface area contributed by atoms with Crippen LogP contribution in [0.2, 0.25) is 0 Å². The Labute approximate surface area is 261 Å². The molecule has 1 saturated carbocycles. The number of para-hydroxylation sites is 2. The summed E-state index contributed by atoms with van der Waals surface area (Å²) >= 11 is 0. The third kappa shape index (κ3) is 3.31. The van der Waals surface area contributed by atoms with Gasteiger partial charge in [0.15, 0.2) is 0 Å². The zero-order valence-electron chi connectivity index (χ0n) is 26.2. The number of hydrogen-bond donors (Lipinski definition) is 0. The number of anilines is 3. The highest BCUT2D eigenvalue weighted by atomic mass is 15.1. The van der Waals surface area contributed by atoms with E-state index < -0.39 is 0 Å². The first-order chi connectivity index (χ1) is 21.4. The molecule has 0 aliphatic heterocycles. The smallest absolute Gasteiger partial charge is 0.0619 e. The lowest BCUT2D eigenvalue weighted by molar-refractivity contribution is 0.602. The molecule has 1 heteroatoms. The van der Waals surface area contributed by atoms with E-state index in [1.54, 1.807) is 11.1 Å². The fourth-order valence-electron chi connectivity index (χ4n) is 9.33. The summed E-state index contributed by atoms with van der Waals surface area (Å²) in [4.78, 5) is 2.52. The zero-order valence-corrected chi connectivity index (χ0v) is 26.2. The first kappa shape index (κ1) is 26.1. The third-order valence-electron chi connectivity index (χ3n) is 11.3. The Morgan fingerprint density at radius 1 is 0.523 bits per heavy atom. The van der Waals surface area contributed by atoms with Crippen LogP contribution < -0.4 is 4.90 Å². The molecule has 0 bridgehead atoms. The fraction of sp³-hybridized carbons (Fsp3) is 0.256. The highest BCUT2D eigenvalue weighted by Gasteiger charge is 2.45. The summed E-state index contributed by atoms with van der Waals surface area (Å²) in [5, 5.41) is 5.63. The van der Waals surface area contributed by atoms with Gasteiger partial charge in [-0.1, -0.05) is 125 Å². The molecule has 1 nitrogen and oxygen atoms in total. The lowest BCUT2D eigenvalue weighted by Crippen LogP contribution is -2.32. The molecular weight excluding hydrogens is 530 g/mol. The van der Waals surface area contributed by atoms with Crippen LogP contribution in [0.1, 0.15) is 87.1 Å². The zero-order chi connectivity index (χ0) is 29.8. The van der Waals surface area contributed by atoms with Crippen LogP contribution in [0.4, 0.5) is 17.1 Å². The molecule has 216 valence electrons. The first-order valence-corrected chi connectivity index (χ1v) is 16.5. The van der Waals surface area contributed by atoms with Gasteiger partial charge in [-0.2, -0.15) is 0 Å². The molecule has 0 radical (unpaired) electrons. The van der Waals surface area contributed by atoms with Crippen molar-refractivity contribution in [2.24, 2.45) is 0 Å². The van der Waals surface area contributed by atoms with E-state index >= 15 is 0 Å². The second kappa shape index (κ2) is 9.08. The van der Waals surface area contributed by atoms with Crippen LogP contribution in [0.25, 0.3) is 32.7 Å². The normalized spacial score (nSPS) is 17.5. The van der Waals surface area contributed by atoms with Crippen molar-refractivity contribution in [2.75, 3.05) is 4.90 Å². The van der Waals surface area contributed by atoms with Crippen LogP contribution in [0, 0.1) is 0 Å². The Kier molecular flexibility index (Phi) is 5.38. The van der Waals surface area contributed by atoms with Gasteiger partial charge in [-0.15, -0.1) is 0 Å². The summed E-state index contributed by atoms with van der Waals surface area (Å²) in [6.45, 7) is 9.88. The maximum absolute atomic E-state index is 2.52. The average molecular weight is 570 g/mol. The summed E-state index contributed by atoms with van der Waals surface area (Å²) in [6.07, 6.45) is 5.28. The van der Waals surface area contributed by atoms with Crippen LogP contribution in [0.5, 0.6) is 0 Å². The Morgan fingerprint density at radius 3 is 1.75 bits per heavy atom. The van der Waals surface area contributed by atoms with Gasteiger partial charge in [0.25, 0.3) is 0 Å². The predicted octanol–water partition coefficient (Wildman–Crippen LogP) is 12.1. The Morgan fingerprint density at radius 2 is 1.09 bits per heavy atom. The predicted molar refractivity (Wildman–Crippen MR) is 187 cm³/mol. The van der Waals surface area contributed by atoms with E-state index in [-0.39, 0.29) is 10.8 Å². The fourth-order valence-corrected chi connectivity index (χ4v) is 9.33. The largest absolute Gasteiger partial charge is 0.309 e. The molecule has 0 amide bonds. The summed E-state index contributed by atoms with van der Waals surface area (Å²) in [5.74, 6) is 0.638. The van der Waals surface area contributed by atoms with Crippen LogP contribution in [0.15, 0.2) is 109 Å². The van der Waals surface area contributed by atoms with Gasteiger partial charge in [-0.05, 0) is 92.7 Å². The minimum absolute atomic E-state index is 0.104. The molecule has 6 aromatic rings. The molecule has 6 aromatic carbocycles. The van der Waals surface area contributed by atoms with Crippen LogP contribution in [0.3, 0.4) is 0 Å². The molecule has 0 heterocycles. The lowest BCUT2D eigenvalue weighted by Gasteiger charge is -2.45. The molecule has 0 spiro atoms. The number of nitrogens with zero attached hydrogens (tertiary/aromatic N) is 1. The first-order valence-electron chi connectivity index (χ1n) is 16.5. The van der Waals surface area contributed by atoms with Gasteiger partial charge in [-0.3, -0.25) is 0 Å². The maximum Gasteiger partial charge on any atom is 0.0619 e. The molecule has 0 N–H and O–H groups in total. The molecule has 0 aromatic heterocycles. The molecule has 0 saturated heterocycles. The number of hydrogen-bond acceptors (Lipinski definition) is 1. The van der Waals surface area contributed by atoms with Crippen molar-refractivity contribution in [3.63, 3.8) is 0 Å². The van der Waals surface area contributed by atoms with E-state index in [0.29, 0.717) is 5.92 Å². The highest BCUT2D eigenvalue weighted by Crippen LogP contribution is 2.62. The molecule has 44 heavy (non-hydrogen) atoms. The molecule has 0 unspecified atom stereocenters. The minimum atomic E-state index is -0.107. The van der Waals surface area contributed by atoms with Crippen molar-refractivity contribution in [1.82, 2.24) is 0 Å². The van der Waals surface area contributed by atoms with Crippen LogP contribution in [-0.2, 0) is 10.8 Å². The van der Waals surface area contributed by atoms with E-state index in [1.165, 1.54) is 92.1 Å². The van der Waals surface area contributed by atoms with E-state index in [2.05, 4.69) is 142 Å². The molecule has 0 atom stereocenters. The van der Waals surface area contributed by atoms with Crippen molar-refractivity contribution in [3.8, 4) is 11.1 Å². The van der Waals surface area contributed by atoms with Gasteiger partial charge in [-0.25, -0.2) is 0 Å². The standard InChI is InChI=1S/C43H39N/c1-42(2)33-22-13-21-31-36(33)39-37-32(41(31)44(28-17-7-5-8-18-28)29-19-9-6-10-20-29)26-25-30(27-15-11-12-16-27)40(37)43(3,4)35-24-14-23-34(42)38(35)39/h5-10,13-14,17-27H,11-12,15-16H2,1-4H3. The molecule has 3 aliphatic carbocycles. The number of rotatable bonds is 4. The van der Waals surface area contributed by atoms with Gasteiger partial charge >= 0.3 is 0 Å². The van der Waals surface area contributed by atoms with Gasteiger partial charge in [0.1, 0.15) is 0 Å². The Hall–Kier alpha value is -4.36. The van der Waals surface area contributed by atoms with Crippen LogP contribution >= 0.6 is 0 Å². The quantitative estimate of drug-likeness (QED) is 0.191. The van der Waals surface area contributed by atoms with E-state index in [4.69, 9.17) is 0 Å². The molecule has 1 fully saturated rings. The van der Waals surface area contributed by atoms with E-state index in [1.807, 2.05) is 0 Å².